The topological polar surface area (TPSA) is 38.3 Å². The van der Waals surface area contributed by atoms with Crippen LogP contribution in [0.5, 0.6) is 5.75 Å². The number of amides is 1. The predicted octanol–water partition coefficient (Wildman–Crippen LogP) is 1.13. The molecule has 0 bridgehead atoms. The lowest BCUT2D eigenvalue weighted by Crippen LogP contribution is -2.49. The Bertz CT molecular complexity index is 324. The molecule has 1 N–H and O–H groups in total. The maximum Gasteiger partial charge on any atom is 0.222 e. The molecular formula is C11H13NO2. The third kappa shape index (κ3) is 1.87. The summed E-state index contributed by atoms with van der Waals surface area (Å²) in [6, 6.07) is 8.27. The summed E-state index contributed by atoms with van der Waals surface area (Å²) in [5.41, 5.74) is 1.23. The number of hydrogen-bond acceptors (Lipinski definition) is 2. The van der Waals surface area contributed by atoms with Gasteiger partial charge in [0.05, 0.1) is 7.11 Å². The summed E-state index contributed by atoms with van der Waals surface area (Å²) in [4.78, 5) is 10.7. The van der Waals surface area contributed by atoms with Crippen LogP contribution in [0.3, 0.4) is 0 Å². The first-order valence-corrected chi connectivity index (χ1v) is 4.70. The average Bonchev–Trinajstić information content (AvgIpc) is 2.17. The number of methoxy groups -OCH3 is 1. The summed E-state index contributed by atoms with van der Waals surface area (Å²) in [6.07, 6.45) is 1.57. The number of benzene rings is 1. The molecule has 1 saturated heterocycles. The number of β-lactam (4-membered cyclic amide) rings is 1. The summed E-state index contributed by atoms with van der Waals surface area (Å²) in [5, 5.41) is 2.85. The van der Waals surface area contributed by atoms with Crippen LogP contribution in [0.1, 0.15) is 12.0 Å². The molecule has 1 atom stereocenters. The highest BCUT2D eigenvalue weighted by molar-refractivity contribution is 5.82. The predicted molar refractivity (Wildman–Crippen MR) is 53.2 cm³/mol. The van der Waals surface area contributed by atoms with E-state index in [1.807, 2.05) is 24.3 Å². The summed E-state index contributed by atoms with van der Waals surface area (Å²) < 4.78 is 5.06. The Morgan fingerprint density at radius 2 is 2.07 bits per heavy atom. The van der Waals surface area contributed by atoms with E-state index in [1.165, 1.54) is 5.56 Å². The van der Waals surface area contributed by atoms with Crippen molar-refractivity contribution in [2.75, 3.05) is 7.11 Å². The van der Waals surface area contributed by atoms with Crippen LogP contribution in [-0.2, 0) is 11.2 Å². The number of nitrogens with one attached hydrogen (secondary N) is 1. The second-order valence-electron chi connectivity index (χ2n) is 3.52. The fourth-order valence-electron chi connectivity index (χ4n) is 1.60. The first-order chi connectivity index (χ1) is 6.78. The van der Waals surface area contributed by atoms with E-state index in [4.69, 9.17) is 4.74 Å². The molecule has 0 aromatic heterocycles. The highest BCUT2D eigenvalue weighted by atomic mass is 16.5. The Labute approximate surface area is 83.1 Å². The van der Waals surface area contributed by atoms with Crippen LogP contribution < -0.4 is 10.1 Å². The minimum Gasteiger partial charge on any atom is -0.497 e. The number of hydrogen-bond donors (Lipinski definition) is 1. The van der Waals surface area contributed by atoms with Crippen LogP contribution in [0.2, 0.25) is 0 Å². The molecule has 0 saturated carbocycles. The maximum atomic E-state index is 10.7. The van der Waals surface area contributed by atoms with Crippen molar-refractivity contribution in [1.29, 1.82) is 0 Å². The minimum atomic E-state index is 0.156. The van der Waals surface area contributed by atoms with Crippen LogP contribution >= 0.6 is 0 Å². The largest absolute Gasteiger partial charge is 0.497 e. The molecule has 1 fully saturated rings. The molecule has 1 aromatic rings. The van der Waals surface area contributed by atoms with Crippen LogP contribution in [0.4, 0.5) is 0 Å². The van der Waals surface area contributed by atoms with Crippen LogP contribution in [0.15, 0.2) is 24.3 Å². The van der Waals surface area contributed by atoms with Crippen molar-refractivity contribution in [2.45, 2.75) is 18.9 Å². The smallest absolute Gasteiger partial charge is 0.222 e. The highest BCUT2D eigenvalue weighted by Crippen LogP contribution is 2.15. The van der Waals surface area contributed by atoms with E-state index in [2.05, 4.69) is 5.32 Å². The molecule has 0 spiro atoms. The minimum absolute atomic E-state index is 0.156. The maximum absolute atomic E-state index is 10.7. The molecule has 1 aliphatic heterocycles. The SMILES string of the molecule is COc1ccc(C[C@H]2CC(=O)N2)cc1. The zero-order chi connectivity index (χ0) is 9.97. The molecule has 2 rings (SSSR count). The number of carbonyl (C=O) groups is 1. The van der Waals surface area contributed by atoms with E-state index in [1.54, 1.807) is 7.11 Å². The first kappa shape index (κ1) is 9.06. The fraction of sp³-hybridized carbons (Fsp3) is 0.364. The third-order valence-corrected chi connectivity index (χ3v) is 2.44. The Morgan fingerprint density at radius 3 is 2.57 bits per heavy atom. The van der Waals surface area contributed by atoms with Gasteiger partial charge in [-0.3, -0.25) is 4.79 Å². The molecule has 1 heterocycles. The second kappa shape index (κ2) is 3.70. The molecule has 0 unspecified atom stereocenters. The summed E-state index contributed by atoms with van der Waals surface area (Å²) in [7, 11) is 1.65. The lowest BCUT2D eigenvalue weighted by atomic mass is 9.98. The van der Waals surface area contributed by atoms with Crippen molar-refractivity contribution in [3.05, 3.63) is 29.8 Å². The Hall–Kier alpha value is -1.51. The van der Waals surface area contributed by atoms with Gasteiger partial charge in [0, 0.05) is 12.5 Å². The normalized spacial score (nSPS) is 19.8. The lowest BCUT2D eigenvalue weighted by molar-refractivity contribution is -0.128. The van der Waals surface area contributed by atoms with E-state index in [9.17, 15) is 4.79 Å². The summed E-state index contributed by atoms with van der Waals surface area (Å²) in [6.45, 7) is 0. The molecule has 1 amide bonds. The third-order valence-electron chi connectivity index (χ3n) is 2.44. The van der Waals surface area contributed by atoms with Gasteiger partial charge in [-0.05, 0) is 24.1 Å². The summed E-state index contributed by atoms with van der Waals surface area (Å²) in [5.74, 6) is 1.02. The molecule has 74 valence electrons. The average molecular weight is 191 g/mol. The molecule has 1 aromatic carbocycles. The van der Waals surface area contributed by atoms with Crippen molar-refractivity contribution < 1.29 is 9.53 Å². The first-order valence-electron chi connectivity index (χ1n) is 4.70. The van der Waals surface area contributed by atoms with E-state index < -0.39 is 0 Å². The molecule has 3 nitrogen and oxygen atoms in total. The van der Waals surface area contributed by atoms with Gasteiger partial charge in [0.15, 0.2) is 0 Å². The second-order valence-corrected chi connectivity index (χ2v) is 3.52. The number of rotatable bonds is 3. The fourth-order valence-corrected chi connectivity index (χ4v) is 1.60. The standard InChI is InChI=1S/C11H13NO2/c1-14-10-4-2-8(3-5-10)6-9-7-11(13)12-9/h2-5,9H,6-7H2,1H3,(H,12,13)/t9-/m0/s1. The van der Waals surface area contributed by atoms with Gasteiger partial charge in [0.1, 0.15) is 5.75 Å². The van der Waals surface area contributed by atoms with E-state index >= 15 is 0 Å². The van der Waals surface area contributed by atoms with Gasteiger partial charge in [-0.25, -0.2) is 0 Å². The van der Waals surface area contributed by atoms with Crippen molar-refractivity contribution in [2.24, 2.45) is 0 Å². The number of ether oxygens (including phenoxy) is 1. The van der Waals surface area contributed by atoms with Gasteiger partial charge in [-0.15, -0.1) is 0 Å². The molecule has 0 radical (unpaired) electrons. The van der Waals surface area contributed by atoms with Gasteiger partial charge in [0.2, 0.25) is 5.91 Å². The van der Waals surface area contributed by atoms with Gasteiger partial charge in [-0.1, -0.05) is 12.1 Å². The van der Waals surface area contributed by atoms with Crippen LogP contribution in [0.25, 0.3) is 0 Å². The zero-order valence-electron chi connectivity index (χ0n) is 8.12. The monoisotopic (exact) mass is 191 g/mol. The van der Waals surface area contributed by atoms with E-state index in [0.717, 1.165) is 12.2 Å². The van der Waals surface area contributed by atoms with Gasteiger partial charge in [0.25, 0.3) is 0 Å². The Morgan fingerprint density at radius 1 is 1.43 bits per heavy atom. The molecule has 14 heavy (non-hydrogen) atoms. The van der Waals surface area contributed by atoms with Crippen molar-refractivity contribution in [3.63, 3.8) is 0 Å². The molecular weight excluding hydrogens is 178 g/mol. The van der Waals surface area contributed by atoms with E-state index in [0.29, 0.717) is 12.5 Å². The summed E-state index contributed by atoms with van der Waals surface area (Å²) >= 11 is 0. The molecule has 1 aliphatic rings. The van der Waals surface area contributed by atoms with Gasteiger partial charge < -0.3 is 10.1 Å². The van der Waals surface area contributed by atoms with Crippen molar-refractivity contribution >= 4 is 5.91 Å². The van der Waals surface area contributed by atoms with E-state index in [-0.39, 0.29) is 5.91 Å². The van der Waals surface area contributed by atoms with Crippen LogP contribution in [0, 0.1) is 0 Å². The van der Waals surface area contributed by atoms with Crippen LogP contribution in [-0.4, -0.2) is 19.1 Å². The Balaban J connectivity index is 1.93. The molecule has 0 aliphatic carbocycles. The Kier molecular flexibility index (Phi) is 2.39. The van der Waals surface area contributed by atoms with Gasteiger partial charge >= 0.3 is 0 Å². The van der Waals surface area contributed by atoms with Crippen molar-refractivity contribution in [1.82, 2.24) is 5.32 Å². The quantitative estimate of drug-likeness (QED) is 0.727. The van der Waals surface area contributed by atoms with Gasteiger partial charge in [-0.2, -0.15) is 0 Å². The zero-order valence-corrected chi connectivity index (χ0v) is 8.12. The highest BCUT2D eigenvalue weighted by Gasteiger charge is 2.24. The van der Waals surface area contributed by atoms with Crippen molar-refractivity contribution in [3.8, 4) is 5.75 Å². The number of carbonyl (C=O) groups excluding carboxylic acids is 1. The lowest BCUT2D eigenvalue weighted by Gasteiger charge is -2.26. The molecule has 3 heteroatoms.